The highest BCUT2D eigenvalue weighted by Crippen LogP contribution is 2.30. The molecule has 3 rings (SSSR count). The second-order valence-corrected chi connectivity index (χ2v) is 9.68. The number of nitrogen functional groups attached to an aromatic ring is 1. The van der Waals surface area contributed by atoms with E-state index in [4.69, 9.17) is 15.9 Å². The van der Waals surface area contributed by atoms with Crippen molar-refractivity contribution in [2.75, 3.05) is 40.3 Å². The number of hydrogen-bond donors (Lipinski definition) is 4. The highest BCUT2D eigenvalue weighted by molar-refractivity contribution is 5.96. The van der Waals surface area contributed by atoms with Crippen LogP contribution in [0.3, 0.4) is 0 Å². The van der Waals surface area contributed by atoms with Gasteiger partial charge in [-0.2, -0.15) is 0 Å². The molecule has 2 heterocycles. The molecule has 9 nitrogen and oxygen atoms in total. The average molecular weight is 474 g/mol. The van der Waals surface area contributed by atoms with E-state index in [-0.39, 0.29) is 24.1 Å². The van der Waals surface area contributed by atoms with Crippen molar-refractivity contribution in [2.45, 2.75) is 62.6 Å². The summed E-state index contributed by atoms with van der Waals surface area (Å²) in [6, 6.07) is 6.52. The minimum Gasteiger partial charge on any atom is -0.494 e. The van der Waals surface area contributed by atoms with Gasteiger partial charge in [-0.15, -0.1) is 0 Å². The number of carboxylic acids is 1. The summed E-state index contributed by atoms with van der Waals surface area (Å²) in [5.41, 5.74) is 5.34. The molecule has 0 saturated carbocycles. The molecule has 2 atom stereocenters. The number of carbonyl (C=O) groups is 2. The van der Waals surface area contributed by atoms with Crippen LogP contribution in [-0.4, -0.2) is 90.5 Å². The van der Waals surface area contributed by atoms with E-state index in [2.05, 4.69) is 17.3 Å². The van der Waals surface area contributed by atoms with Crippen LogP contribution >= 0.6 is 0 Å². The molecule has 2 aliphatic rings. The summed E-state index contributed by atoms with van der Waals surface area (Å²) in [7, 11) is 4.00. The Kier molecular flexibility index (Phi) is 9.04. The molecule has 0 amide bonds. The Balaban J connectivity index is 1.72. The third-order valence-corrected chi connectivity index (χ3v) is 7.35. The number of nitrogens with two attached hydrogens (primary N) is 1. The lowest BCUT2D eigenvalue weighted by molar-refractivity contribution is -0.144. The fourth-order valence-corrected chi connectivity index (χ4v) is 5.15. The van der Waals surface area contributed by atoms with Gasteiger partial charge in [0.1, 0.15) is 11.6 Å². The summed E-state index contributed by atoms with van der Waals surface area (Å²) < 4.78 is 5.93. The Hall–Kier alpha value is -2.49. The van der Waals surface area contributed by atoms with Crippen LogP contribution < -0.4 is 15.8 Å². The van der Waals surface area contributed by atoms with Crippen molar-refractivity contribution in [3.05, 3.63) is 29.8 Å². The number of nitrogens with zero attached hydrogens (tertiary/aromatic N) is 2. The molecule has 5 N–H and O–H groups in total. The lowest BCUT2D eigenvalue weighted by Crippen LogP contribution is -2.62. The maximum Gasteiger partial charge on any atom is 0.305 e. The van der Waals surface area contributed by atoms with Gasteiger partial charge in [0.25, 0.3) is 0 Å². The molecule has 2 aliphatic heterocycles. The first-order valence-corrected chi connectivity index (χ1v) is 12.2. The first-order chi connectivity index (χ1) is 16.2. The second-order valence-electron chi connectivity index (χ2n) is 9.68. The summed E-state index contributed by atoms with van der Waals surface area (Å²) in [6.07, 6.45) is 4.72. The minimum absolute atomic E-state index is 0.000656. The van der Waals surface area contributed by atoms with Crippen LogP contribution in [0.4, 0.5) is 0 Å². The number of carboxylic acid groups (broad SMARTS) is 1. The lowest BCUT2D eigenvalue weighted by atomic mass is 9.78. The number of nitrogens with one attached hydrogen (secondary N) is 2. The molecule has 9 heteroatoms. The van der Waals surface area contributed by atoms with Gasteiger partial charge in [-0.1, -0.05) is 0 Å². The standard InChI is InChI=1S/C25H39N5O4/c1-29-14-9-19(10-15-29)30(2)21(17-22(31)32)23(33)25(11-3-4-13-28-25)12-16-34-20-7-5-18(6-8-20)24(26)27/h5-8,19,21,28H,3-4,9-17H2,1-2H3,(H3,26,27)(H,31,32)/t21-,25?/m0/s1. The van der Waals surface area contributed by atoms with Crippen molar-refractivity contribution in [3.8, 4) is 5.75 Å². The van der Waals surface area contributed by atoms with Crippen LogP contribution in [0.1, 0.15) is 50.5 Å². The predicted molar refractivity (Wildman–Crippen MR) is 131 cm³/mol. The fourth-order valence-electron chi connectivity index (χ4n) is 5.15. The average Bonchev–Trinajstić information content (AvgIpc) is 2.83. The summed E-state index contributed by atoms with van der Waals surface area (Å²) in [4.78, 5) is 30.0. The molecular weight excluding hydrogens is 434 g/mol. The summed E-state index contributed by atoms with van der Waals surface area (Å²) in [6.45, 7) is 2.96. The molecule has 0 aromatic heterocycles. The van der Waals surface area contributed by atoms with E-state index >= 15 is 0 Å². The molecule has 0 spiro atoms. The Morgan fingerprint density at radius 2 is 1.97 bits per heavy atom. The van der Waals surface area contributed by atoms with Gasteiger partial charge in [0.2, 0.25) is 0 Å². The number of aliphatic carboxylic acids is 1. The van der Waals surface area contributed by atoms with E-state index in [0.29, 0.717) is 30.8 Å². The topological polar surface area (TPSA) is 132 Å². The zero-order chi connectivity index (χ0) is 24.7. The number of rotatable bonds is 11. The molecule has 34 heavy (non-hydrogen) atoms. The van der Waals surface area contributed by atoms with E-state index in [9.17, 15) is 14.7 Å². The van der Waals surface area contributed by atoms with Crippen molar-refractivity contribution in [3.63, 3.8) is 0 Å². The zero-order valence-corrected chi connectivity index (χ0v) is 20.4. The van der Waals surface area contributed by atoms with Crippen LogP contribution in [0.25, 0.3) is 0 Å². The summed E-state index contributed by atoms with van der Waals surface area (Å²) in [5.74, 6) is -0.341. The number of amidine groups is 1. The maximum atomic E-state index is 14.0. The van der Waals surface area contributed by atoms with Crippen LogP contribution in [-0.2, 0) is 9.59 Å². The minimum atomic E-state index is -0.953. The van der Waals surface area contributed by atoms with E-state index in [0.717, 1.165) is 45.3 Å². The molecule has 1 unspecified atom stereocenters. The van der Waals surface area contributed by atoms with Gasteiger partial charge >= 0.3 is 5.97 Å². The highest BCUT2D eigenvalue weighted by atomic mass is 16.5. The number of carbonyl (C=O) groups excluding carboxylic acids is 1. The molecule has 0 radical (unpaired) electrons. The van der Waals surface area contributed by atoms with E-state index in [1.54, 1.807) is 24.3 Å². The van der Waals surface area contributed by atoms with Gasteiger partial charge in [0, 0.05) is 18.0 Å². The number of likely N-dealkylation sites (N-methyl/N-ethyl adjacent to an activating group) is 1. The van der Waals surface area contributed by atoms with Gasteiger partial charge in [0.15, 0.2) is 5.78 Å². The predicted octanol–water partition coefficient (Wildman–Crippen LogP) is 1.69. The molecule has 1 aromatic rings. The second kappa shape index (κ2) is 11.8. The first kappa shape index (κ1) is 26.1. The quantitative estimate of drug-likeness (QED) is 0.282. The molecular formula is C25H39N5O4. The third-order valence-electron chi connectivity index (χ3n) is 7.35. The molecule has 0 aliphatic carbocycles. The van der Waals surface area contributed by atoms with Crippen molar-refractivity contribution in [2.24, 2.45) is 5.73 Å². The number of Topliss-reactive ketones (excluding diaryl/α,β-unsaturated/α-hetero) is 1. The van der Waals surface area contributed by atoms with Crippen molar-refractivity contribution >= 4 is 17.6 Å². The number of hydrogen-bond acceptors (Lipinski definition) is 7. The number of likely N-dealkylation sites (tertiary alicyclic amines) is 1. The van der Waals surface area contributed by atoms with Crippen molar-refractivity contribution < 1.29 is 19.4 Å². The summed E-state index contributed by atoms with van der Waals surface area (Å²) >= 11 is 0. The maximum absolute atomic E-state index is 14.0. The van der Waals surface area contributed by atoms with Crippen molar-refractivity contribution in [1.29, 1.82) is 5.41 Å². The van der Waals surface area contributed by atoms with Gasteiger partial charge in [0.05, 0.1) is 24.6 Å². The SMILES string of the molecule is CN1CCC(N(C)[C@@H](CC(=O)O)C(=O)C2(CCOc3ccc(C(=N)N)cc3)CCCCN2)CC1. The molecule has 0 bridgehead atoms. The number of piperidine rings is 2. The van der Waals surface area contributed by atoms with Crippen LogP contribution in [0.2, 0.25) is 0 Å². The molecule has 2 fully saturated rings. The monoisotopic (exact) mass is 473 g/mol. The fraction of sp³-hybridized carbons (Fsp3) is 0.640. The Bertz CT molecular complexity index is 845. The Labute approximate surface area is 202 Å². The van der Waals surface area contributed by atoms with Gasteiger partial charge in [-0.25, -0.2) is 0 Å². The van der Waals surface area contributed by atoms with Gasteiger partial charge < -0.3 is 25.8 Å². The molecule has 1 aromatic carbocycles. The largest absolute Gasteiger partial charge is 0.494 e. The zero-order valence-electron chi connectivity index (χ0n) is 20.4. The van der Waals surface area contributed by atoms with Gasteiger partial charge in [-0.3, -0.25) is 19.9 Å². The third kappa shape index (κ3) is 6.55. The van der Waals surface area contributed by atoms with Crippen LogP contribution in [0.5, 0.6) is 5.75 Å². The van der Waals surface area contributed by atoms with E-state index in [1.165, 1.54) is 0 Å². The van der Waals surface area contributed by atoms with Crippen LogP contribution in [0, 0.1) is 5.41 Å². The Morgan fingerprint density at radius 3 is 2.53 bits per heavy atom. The number of ketones is 1. The first-order valence-electron chi connectivity index (χ1n) is 12.2. The van der Waals surface area contributed by atoms with E-state index in [1.807, 2.05) is 11.9 Å². The summed E-state index contributed by atoms with van der Waals surface area (Å²) in [5, 5.41) is 20.6. The normalized spacial score (nSPS) is 22.9. The number of ether oxygens (including phenoxy) is 1. The van der Waals surface area contributed by atoms with Gasteiger partial charge in [-0.05, 0) is 90.1 Å². The highest BCUT2D eigenvalue weighted by Gasteiger charge is 2.45. The van der Waals surface area contributed by atoms with Crippen molar-refractivity contribution in [1.82, 2.24) is 15.1 Å². The van der Waals surface area contributed by atoms with Crippen LogP contribution in [0.15, 0.2) is 24.3 Å². The molecule has 188 valence electrons. The molecule has 2 saturated heterocycles. The van der Waals surface area contributed by atoms with E-state index < -0.39 is 17.6 Å². The Morgan fingerprint density at radius 1 is 1.29 bits per heavy atom. The lowest BCUT2D eigenvalue weighted by Gasteiger charge is -2.44. The smallest absolute Gasteiger partial charge is 0.305 e. The number of benzene rings is 1.